The van der Waals surface area contributed by atoms with Gasteiger partial charge in [-0.15, -0.1) is 5.10 Å². The highest BCUT2D eigenvalue weighted by Gasteiger charge is 2.31. The van der Waals surface area contributed by atoms with Crippen LogP contribution in [0, 0.1) is 5.82 Å². The fourth-order valence-corrected chi connectivity index (χ4v) is 3.25. The summed E-state index contributed by atoms with van der Waals surface area (Å²) in [5.74, 6) is 0.567. The van der Waals surface area contributed by atoms with Crippen LogP contribution in [0.4, 0.5) is 4.39 Å². The minimum Gasteiger partial charge on any atom is -0.284 e. The molecule has 1 aliphatic heterocycles. The molecular weight excluding hydrogens is 329 g/mol. The van der Waals surface area contributed by atoms with Crippen molar-refractivity contribution in [3.05, 3.63) is 76.3 Å². The Morgan fingerprint density at radius 3 is 2.75 bits per heavy atom. The van der Waals surface area contributed by atoms with E-state index in [-0.39, 0.29) is 11.9 Å². The summed E-state index contributed by atoms with van der Waals surface area (Å²) in [4.78, 5) is 2.25. The van der Waals surface area contributed by atoms with Crippen LogP contribution >= 0.6 is 11.6 Å². The van der Waals surface area contributed by atoms with Crippen LogP contribution in [-0.2, 0) is 13.1 Å². The number of hydrogen-bond acceptors (Lipinski definition) is 4. The number of tetrazole rings is 1. The number of rotatable bonds is 3. The van der Waals surface area contributed by atoms with Crippen molar-refractivity contribution in [1.29, 1.82) is 0 Å². The first-order valence-corrected chi connectivity index (χ1v) is 8.08. The highest BCUT2D eigenvalue weighted by atomic mass is 35.5. The maximum absolute atomic E-state index is 13.5. The van der Waals surface area contributed by atoms with Crippen LogP contribution in [0.2, 0.25) is 5.02 Å². The highest BCUT2D eigenvalue weighted by Crippen LogP contribution is 2.31. The van der Waals surface area contributed by atoms with Crippen LogP contribution in [-0.4, -0.2) is 31.7 Å². The lowest BCUT2D eigenvalue weighted by atomic mass is 10.0. The van der Waals surface area contributed by atoms with Crippen molar-refractivity contribution in [2.45, 2.75) is 19.1 Å². The minimum absolute atomic E-state index is 0.0886. The monoisotopic (exact) mass is 343 g/mol. The minimum atomic E-state index is -0.225. The first-order valence-electron chi connectivity index (χ1n) is 7.71. The van der Waals surface area contributed by atoms with E-state index in [0.717, 1.165) is 23.5 Å². The van der Waals surface area contributed by atoms with Crippen LogP contribution in [0.25, 0.3) is 0 Å². The number of halogens is 2. The molecule has 1 aromatic heterocycles. The molecule has 1 aliphatic rings. The van der Waals surface area contributed by atoms with Gasteiger partial charge in [0.1, 0.15) is 5.82 Å². The maximum Gasteiger partial charge on any atom is 0.173 e. The molecule has 5 nitrogen and oxygen atoms in total. The molecule has 0 aliphatic carbocycles. The van der Waals surface area contributed by atoms with Crippen molar-refractivity contribution in [3.63, 3.8) is 0 Å². The lowest BCUT2D eigenvalue weighted by molar-refractivity contribution is 0.164. The second kappa shape index (κ2) is 6.30. The van der Waals surface area contributed by atoms with E-state index in [1.165, 1.54) is 6.07 Å². The van der Waals surface area contributed by atoms with E-state index in [4.69, 9.17) is 11.6 Å². The molecule has 0 amide bonds. The van der Waals surface area contributed by atoms with Gasteiger partial charge in [0, 0.05) is 18.1 Å². The van der Waals surface area contributed by atoms with E-state index < -0.39 is 0 Å². The molecule has 4 rings (SSSR count). The molecule has 0 saturated heterocycles. The molecule has 2 heterocycles. The fourth-order valence-electron chi connectivity index (χ4n) is 3.13. The van der Waals surface area contributed by atoms with Gasteiger partial charge in [0.25, 0.3) is 0 Å². The number of nitrogens with zero attached hydrogens (tertiary/aromatic N) is 5. The third-order valence-corrected chi connectivity index (χ3v) is 4.48. The van der Waals surface area contributed by atoms with Crippen LogP contribution in [0.3, 0.4) is 0 Å². The predicted molar refractivity (Wildman–Crippen MR) is 87.9 cm³/mol. The Kier molecular flexibility index (Phi) is 4.00. The molecule has 24 heavy (non-hydrogen) atoms. The van der Waals surface area contributed by atoms with Gasteiger partial charge in [-0.05, 0) is 45.8 Å². The lowest BCUT2D eigenvalue weighted by Gasteiger charge is -2.34. The Morgan fingerprint density at radius 1 is 1.12 bits per heavy atom. The zero-order valence-corrected chi connectivity index (χ0v) is 13.6. The molecule has 0 spiro atoms. The fraction of sp³-hybridized carbons (Fsp3) is 0.235. The largest absolute Gasteiger partial charge is 0.284 e. The molecule has 1 unspecified atom stereocenters. The zero-order chi connectivity index (χ0) is 16.5. The quantitative estimate of drug-likeness (QED) is 0.733. The molecule has 122 valence electrons. The van der Waals surface area contributed by atoms with Crippen LogP contribution in [0.1, 0.15) is 23.0 Å². The number of fused-ring (bicyclic) bond motifs is 1. The summed E-state index contributed by atoms with van der Waals surface area (Å²) in [6.45, 7) is 2.11. The topological polar surface area (TPSA) is 46.8 Å². The van der Waals surface area contributed by atoms with Crippen LogP contribution in [0.5, 0.6) is 0 Å². The van der Waals surface area contributed by atoms with Gasteiger partial charge in [-0.25, -0.2) is 9.07 Å². The molecular formula is C17H15ClFN5. The smallest absolute Gasteiger partial charge is 0.173 e. The summed E-state index contributed by atoms with van der Waals surface area (Å²) < 4.78 is 15.3. The van der Waals surface area contributed by atoms with Gasteiger partial charge >= 0.3 is 0 Å². The van der Waals surface area contributed by atoms with Gasteiger partial charge in [0.05, 0.1) is 12.6 Å². The molecule has 0 saturated carbocycles. The highest BCUT2D eigenvalue weighted by molar-refractivity contribution is 6.30. The van der Waals surface area contributed by atoms with E-state index >= 15 is 0 Å². The maximum atomic E-state index is 13.5. The SMILES string of the molecule is Fc1cccc(CN2CCn3nnnc3C2c2ccc(Cl)cc2)c1. The summed E-state index contributed by atoms with van der Waals surface area (Å²) >= 11 is 6.01. The second-order valence-corrected chi connectivity index (χ2v) is 6.25. The third-order valence-electron chi connectivity index (χ3n) is 4.23. The molecule has 0 N–H and O–H groups in total. The van der Waals surface area contributed by atoms with E-state index in [1.54, 1.807) is 12.1 Å². The average molecular weight is 344 g/mol. The van der Waals surface area contributed by atoms with Gasteiger partial charge < -0.3 is 0 Å². The molecule has 1 atom stereocenters. The van der Waals surface area contributed by atoms with Gasteiger partial charge in [-0.1, -0.05) is 35.9 Å². The predicted octanol–water partition coefficient (Wildman–Crippen LogP) is 3.07. The molecule has 0 bridgehead atoms. The zero-order valence-electron chi connectivity index (χ0n) is 12.8. The molecule has 0 fully saturated rings. The first kappa shape index (κ1) is 15.2. The molecule has 2 aromatic carbocycles. The van der Waals surface area contributed by atoms with E-state index in [0.29, 0.717) is 18.1 Å². The summed E-state index contributed by atoms with van der Waals surface area (Å²) in [6, 6.07) is 14.3. The van der Waals surface area contributed by atoms with Crippen molar-refractivity contribution < 1.29 is 4.39 Å². The second-order valence-electron chi connectivity index (χ2n) is 5.81. The Balaban J connectivity index is 1.71. The van der Waals surface area contributed by atoms with Crippen molar-refractivity contribution in [2.75, 3.05) is 6.54 Å². The number of hydrogen-bond donors (Lipinski definition) is 0. The van der Waals surface area contributed by atoms with Crippen LogP contribution in [0.15, 0.2) is 48.5 Å². The van der Waals surface area contributed by atoms with Gasteiger partial charge in [0.2, 0.25) is 0 Å². The first-order chi connectivity index (χ1) is 11.7. The Labute approximate surface area is 143 Å². The summed E-state index contributed by atoms with van der Waals surface area (Å²) in [6.07, 6.45) is 0. The normalized spacial score (nSPS) is 17.7. The van der Waals surface area contributed by atoms with Gasteiger partial charge in [0.15, 0.2) is 5.82 Å². The van der Waals surface area contributed by atoms with Gasteiger partial charge in [-0.3, -0.25) is 4.90 Å². The van der Waals surface area contributed by atoms with Crippen LogP contribution < -0.4 is 0 Å². The van der Waals surface area contributed by atoms with Crippen molar-refractivity contribution >= 4 is 11.6 Å². The van der Waals surface area contributed by atoms with E-state index in [2.05, 4.69) is 20.4 Å². The van der Waals surface area contributed by atoms with E-state index in [1.807, 2.05) is 35.0 Å². The average Bonchev–Trinajstić information content (AvgIpc) is 3.04. The Morgan fingerprint density at radius 2 is 1.96 bits per heavy atom. The molecule has 0 radical (unpaired) electrons. The standard InChI is InChI=1S/C17H15ClFN5/c18-14-6-4-13(5-7-14)16-17-20-21-22-24(17)9-8-23(16)11-12-2-1-3-15(19)10-12/h1-7,10,16H,8-9,11H2. The Hall–Kier alpha value is -2.31. The van der Waals surface area contributed by atoms with Crippen molar-refractivity contribution in [2.24, 2.45) is 0 Å². The van der Waals surface area contributed by atoms with E-state index in [9.17, 15) is 4.39 Å². The van der Waals surface area contributed by atoms with Gasteiger partial charge in [-0.2, -0.15) is 0 Å². The summed E-state index contributed by atoms with van der Waals surface area (Å²) in [5, 5.41) is 12.7. The molecule has 7 heteroatoms. The number of aromatic nitrogens is 4. The lowest BCUT2D eigenvalue weighted by Crippen LogP contribution is -2.39. The number of benzene rings is 2. The third kappa shape index (κ3) is 2.90. The summed E-state index contributed by atoms with van der Waals surface area (Å²) in [5.41, 5.74) is 1.99. The molecule has 3 aromatic rings. The summed E-state index contributed by atoms with van der Waals surface area (Å²) in [7, 11) is 0. The van der Waals surface area contributed by atoms with Crippen molar-refractivity contribution in [3.8, 4) is 0 Å². The van der Waals surface area contributed by atoms with Crippen molar-refractivity contribution in [1.82, 2.24) is 25.1 Å². The Bertz CT molecular complexity index is 848.